The number of nitrogens with one attached hydrogen (secondary N) is 2. The van der Waals surface area contributed by atoms with Crippen LogP contribution in [0.15, 0.2) is 0 Å². The molecule has 19 heavy (non-hydrogen) atoms. The highest BCUT2D eigenvalue weighted by molar-refractivity contribution is 5.85. The van der Waals surface area contributed by atoms with Crippen LogP contribution in [0, 0.1) is 0 Å². The molecule has 0 radical (unpaired) electrons. The molecule has 1 aliphatic carbocycles. The van der Waals surface area contributed by atoms with Crippen LogP contribution in [-0.2, 0) is 9.53 Å². The summed E-state index contributed by atoms with van der Waals surface area (Å²) < 4.78 is 5.76. The van der Waals surface area contributed by atoms with Crippen LogP contribution in [0.2, 0.25) is 0 Å². The van der Waals surface area contributed by atoms with Crippen LogP contribution in [0.1, 0.15) is 51.4 Å². The van der Waals surface area contributed by atoms with Gasteiger partial charge in [0.25, 0.3) is 0 Å². The number of piperidine rings is 1. The second-order valence-electron chi connectivity index (χ2n) is 5.42. The first-order chi connectivity index (χ1) is 8.86. The van der Waals surface area contributed by atoms with Crippen LogP contribution in [0.5, 0.6) is 0 Å². The van der Waals surface area contributed by atoms with E-state index < -0.39 is 0 Å². The molecule has 1 saturated carbocycles. The first-order valence-electron chi connectivity index (χ1n) is 7.49. The molecular weight excluding hydrogens is 264 g/mol. The topological polar surface area (TPSA) is 50.4 Å². The van der Waals surface area contributed by atoms with Crippen molar-refractivity contribution in [3.63, 3.8) is 0 Å². The smallest absolute Gasteiger partial charge is 0.237 e. The molecule has 2 fully saturated rings. The minimum atomic E-state index is 0. The number of rotatable bonds is 6. The molecule has 2 N–H and O–H groups in total. The summed E-state index contributed by atoms with van der Waals surface area (Å²) >= 11 is 0. The molecule has 0 spiro atoms. The van der Waals surface area contributed by atoms with Gasteiger partial charge in [0.05, 0.1) is 12.1 Å². The molecule has 2 aliphatic rings. The van der Waals surface area contributed by atoms with Crippen molar-refractivity contribution in [3.8, 4) is 0 Å². The first-order valence-corrected chi connectivity index (χ1v) is 7.49. The van der Waals surface area contributed by atoms with Crippen molar-refractivity contribution in [2.45, 2.75) is 63.5 Å². The Bertz CT molecular complexity index is 252. The Morgan fingerprint density at radius 3 is 2.58 bits per heavy atom. The average molecular weight is 291 g/mol. The third-order valence-electron chi connectivity index (χ3n) is 3.90. The van der Waals surface area contributed by atoms with Crippen LogP contribution in [0.4, 0.5) is 0 Å². The molecule has 1 atom stereocenters. The van der Waals surface area contributed by atoms with Gasteiger partial charge in [-0.25, -0.2) is 0 Å². The minimum Gasteiger partial charge on any atom is -0.378 e. The van der Waals surface area contributed by atoms with Gasteiger partial charge in [-0.1, -0.05) is 19.3 Å². The Labute approximate surface area is 122 Å². The minimum absolute atomic E-state index is 0. The van der Waals surface area contributed by atoms with E-state index in [2.05, 4.69) is 10.6 Å². The second-order valence-corrected chi connectivity index (χ2v) is 5.42. The van der Waals surface area contributed by atoms with E-state index in [0.29, 0.717) is 6.10 Å². The molecule has 0 aromatic rings. The van der Waals surface area contributed by atoms with E-state index in [1.165, 1.54) is 32.1 Å². The Morgan fingerprint density at radius 2 is 1.89 bits per heavy atom. The molecule has 2 rings (SSSR count). The summed E-state index contributed by atoms with van der Waals surface area (Å²) in [7, 11) is 0. The summed E-state index contributed by atoms with van der Waals surface area (Å²) in [6, 6.07) is 0.0366. The number of halogens is 1. The van der Waals surface area contributed by atoms with Gasteiger partial charge in [0.2, 0.25) is 5.91 Å². The molecule has 0 aromatic heterocycles. The summed E-state index contributed by atoms with van der Waals surface area (Å²) in [5.74, 6) is 0.163. The van der Waals surface area contributed by atoms with Crippen LogP contribution in [-0.4, -0.2) is 37.7 Å². The molecule has 1 heterocycles. The van der Waals surface area contributed by atoms with Gasteiger partial charge in [0, 0.05) is 13.2 Å². The number of carbonyl (C=O) groups is 1. The van der Waals surface area contributed by atoms with E-state index in [1.54, 1.807) is 0 Å². The zero-order valence-electron chi connectivity index (χ0n) is 11.7. The summed E-state index contributed by atoms with van der Waals surface area (Å²) in [6.45, 7) is 2.50. The van der Waals surface area contributed by atoms with E-state index in [1.807, 2.05) is 0 Å². The number of carbonyl (C=O) groups excluding carboxylic acids is 1. The zero-order chi connectivity index (χ0) is 12.6. The Kier molecular flexibility index (Phi) is 8.42. The number of ether oxygens (including phenoxy) is 1. The molecule has 4 nitrogen and oxygen atoms in total. The number of hydrogen-bond donors (Lipinski definition) is 2. The van der Waals surface area contributed by atoms with Crippen LogP contribution < -0.4 is 10.6 Å². The van der Waals surface area contributed by atoms with Crippen molar-refractivity contribution < 1.29 is 9.53 Å². The SMILES string of the molecule is Cl.O=C(NCCCOC1CCCC1)C1CCCCN1. The van der Waals surface area contributed by atoms with Gasteiger partial charge in [-0.3, -0.25) is 4.79 Å². The second kappa shape index (κ2) is 9.56. The Hall–Kier alpha value is -0.320. The molecule has 5 heteroatoms. The lowest BCUT2D eigenvalue weighted by molar-refractivity contribution is -0.123. The van der Waals surface area contributed by atoms with E-state index in [0.717, 1.165) is 39.0 Å². The Balaban J connectivity index is 0.00000180. The Morgan fingerprint density at radius 1 is 1.16 bits per heavy atom. The lowest BCUT2D eigenvalue weighted by Crippen LogP contribution is -2.46. The van der Waals surface area contributed by atoms with Crippen LogP contribution in [0.25, 0.3) is 0 Å². The van der Waals surface area contributed by atoms with Crippen LogP contribution >= 0.6 is 12.4 Å². The lowest BCUT2D eigenvalue weighted by Gasteiger charge is -2.22. The maximum atomic E-state index is 11.8. The van der Waals surface area contributed by atoms with Gasteiger partial charge in [-0.2, -0.15) is 0 Å². The third-order valence-corrected chi connectivity index (χ3v) is 3.90. The zero-order valence-corrected chi connectivity index (χ0v) is 12.5. The summed E-state index contributed by atoms with van der Waals surface area (Å²) in [6.07, 6.45) is 9.81. The summed E-state index contributed by atoms with van der Waals surface area (Å²) in [4.78, 5) is 11.8. The number of hydrogen-bond acceptors (Lipinski definition) is 3. The highest BCUT2D eigenvalue weighted by atomic mass is 35.5. The van der Waals surface area contributed by atoms with E-state index in [9.17, 15) is 4.79 Å². The molecule has 0 aromatic carbocycles. The fraction of sp³-hybridized carbons (Fsp3) is 0.929. The molecule has 1 aliphatic heterocycles. The van der Waals surface area contributed by atoms with Gasteiger partial charge < -0.3 is 15.4 Å². The fourth-order valence-corrected chi connectivity index (χ4v) is 2.79. The highest BCUT2D eigenvalue weighted by Gasteiger charge is 2.19. The predicted molar refractivity (Wildman–Crippen MR) is 78.7 cm³/mol. The normalized spacial score (nSPS) is 23.9. The standard InChI is InChI=1S/C14H26N2O2.ClH/c17-14(13-8-3-4-9-15-13)16-10-5-11-18-12-6-1-2-7-12;/h12-13,15H,1-11H2,(H,16,17);1H. The quantitative estimate of drug-likeness (QED) is 0.736. The predicted octanol–water partition coefficient (Wildman–Crippen LogP) is 2.02. The fourth-order valence-electron chi connectivity index (χ4n) is 2.79. The van der Waals surface area contributed by atoms with Gasteiger partial charge in [-0.15, -0.1) is 12.4 Å². The molecule has 1 saturated heterocycles. The first kappa shape index (κ1) is 16.7. The van der Waals surface area contributed by atoms with Crippen molar-refractivity contribution in [1.82, 2.24) is 10.6 Å². The van der Waals surface area contributed by atoms with Gasteiger partial charge in [0.1, 0.15) is 0 Å². The van der Waals surface area contributed by atoms with Crippen molar-refractivity contribution in [1.29, 1.82) is 0 Å². The molecule has 1 amide bonds. The highest BCUT2D eigenvalue weighted by Crippen LogP contribution is 2.20. The van der Waals surface area contributed by atoms with Crippen molar-refractivity contribution >= 4 is 18.3 Å². The summed E-state index contributed by atoms with van der Waals surface area (Å²) in [5, 5.41) is 6.26. The maximum absolute atomic E-state index is 11.8. The van der Waals surface area contributed by atoms with E-state index >= 15 is 0 Å². The largest absolute Gasteiger partial charge is 0.378 e. The van der Waals surface area contributed by atoms with Gasteiger partial charge in [-0.05, 0) is 38.6 Å². The molecule has 112 valence electrons. The molecule has 0 bridgehead atoms. The number of amides is 1. The van der Waals surface area contributed by atoms with E-state index in [-0.39, 0.29) is 24.4 Å². The molecule has 1 unspecified atom stereocenters. The monoisotopic (exact) mass is 290 g/mol. The van der Waals surface area contributed by atoms with Gasteiger partial charge >= 0.3 is 0 Å². The van der Waals surface area contributed by atoms with E-state index in [4.69, 9.17) is 4.74 Å². The average Bonchev–Trinajstić information content (AvgIpc) is 2.92. The third kappa shape index (κ3) is 6.11. The van der Waals surface area contributed by atoms with Crippen LogP contribution in [0.3, 0.4) is 0 Å². The summed E-state index contributed by atoms with van der Waals surface area (Å²) in [5.41, 5.74) is 0. The maximum Gasteiger partial charge on any atom is 0.237 e. The lowest BCUT2D eigenvalue weighted by atomic mass is 10.0. The molecular formula is C14H27ClN2O2. The van der Waals surface area contributed by atoms with Gasteiger partial charge in [0.15, 0.2) is 0 Å². The van der Waals surface area contributed by atoms with Crippen molar-refractivity contribution in [3.05, 3.63) is 0 Å². The van der Waals surface area contributed by atoms with Crippen molar-refractivity contribution in [2.24, 2.45) is 0 Å². The van der Waals surface area contributed by atoms with Crippen molar-refractivity contribution in [2.75, 3.05) is 19.7 Å².